The van der Waals surface area contributed by atoms with E-state index >= 15 is 0 Å². The molecule has 22 heavy (non-hydrogen) atoms. The molecule has 6 heteroatoms. The summed E-state index contributed by atoms with van der Waals surface area (Å²) < 4.78 is 0.0589. The van der Waals surface area contributed by atoms with Crippen molar-refractivity contribution in [1.29, 1.82) is 0 Å². The van der Waals surface area contributed by atoms with E-state index in [0.717, 1.165) is 12.3 Å². The van der Waals surface area contributed by atoms with Crippen molar-refractivity contribution in [2.24, 2.45) is 5.73 Å². The number of nitrogens with zero attached hydrogens (tertiary/aromatic N) is 2. The number of carbonyl (C=O) groups is 2. The minimum absolute atomic E-state index is 0.0287. The summed E-state index contributed by atoms with van der Waals surface area (Å²) in [5.74, 6) is 0.652. The van der Waals surface area contributed by atoms with Crippen LogP contribution in [-0.2, 0) is 9.59 Å². The van der Waals surface area contributed by atoms with Gasteiger partial charge in [0, 0.05) is 29.3 Å². The number of hydrogen-bond donors (Lipinski definition) is 1. The van der Waals surface area contributed by atoms with Crippen LogP contribution < -0.4 is 10.6 Å². The van der Waals surface area contributed by atoms with E-state index in [1.165, 1.54) is 4.90 Å². The lowest BCUT2D eigenvalue weighted by atomic mass is 10.2. The highest BCUT2D eigenvalue weighted by Crippen LogP contribution is 2.29. The van der Waals surface area contributed by atoms with Gasteiger partial charge in [0.2, 0.25) is 11.8 Å². The molecule has 0 spiro atoms. The second kappa shape index (κ2) is 7.15. The molecule has 2 N–H and O–H groups in total. The van der Waals surface area contributed by atoms with Crippen LogP contribution in [0, 0.1) is 0 Å². The molecule has 0 radical (unpaired) electrons. The number of para-hydroxylation sites is 1. The molecule has 1 saturated heterocycles. The maximum absolute atomic E-state index is 12.6. The molecule has 5 nitrogen and oxygen atoms in total. The van der Waals surface area contributed by atoms with Crippen LogP contribution in [0.25, 0.3) is 0 Å². The molecule has 0 aliphatic carbocycles. The van der Waals surface area contributed by atoms with Gasteiger partial charge in [0.25, 0.3) is 0 Å². The summed E-state index contributed by atoms with van der Waals surface area (Å²) in [5, 5.41) is 0. The van der Waals surface area contributed by atoms with Gasteiger partial charge >= 0.3 is 0 Å². The summed E-state index contributed by atoms with van der Waals surface area (Å²) in [6.45, 7) is 5.64. The molecule has 1 aliphatic rings. The third kappa shape index (κ3) is 4.24. The van der Waals surface area contributed by atoms with Crippen LogP contribution in [0.3, 0.4) is 0 Å². The molecule has 1 heterocycles. The first-order chi connectivity index (χ1) is 10.4. The highest BCUT2D eigenvalue weighted by Gasteiger charge is 2.31. The predicted octanol–water partition coefficient (Wildman–Crippen LogP) is 1.33. The number of benzene rings is 1. The highest BCUT2D eigenvalue weighted by atomic mass is 32.2. The Kier molecular flexibility index (Phi) is 5.47. The molecule has 120 valence electrons. The SMILES string of the molecule is CC1(C)CN(C(=O)CN(C(=O)CN)c2ccccc2)CCS1. The maximum atomic E-state index is 12.6. The van der Waals surface area contributed by atoms with Gasteiger partial charge in [-0.05, 0) is 26.0 Å². The zero-order valence-electron chi connectivity index (χ0n) is 13.1. The van der Waals surface area contributed by atoms with E-state index in [1.807, 2.05) is 47.0 Å². The second-order valence-corrected chi connectivity index (χ2v) is 7.75. The molecule has 0 atom stereocenters. The highest BCUT2D eigenvalue weighted by molar-refractivity contribution is 8.00. The summed E-state index contributed by atoms with van der Waals surface area (Å²) in [7, 11) is 0. The summed E-state index contributed by atoms with van der Waals surface area (Å²) in [5.41, 5.74) is 6.19. The van der Waals surface area contributed by atoms with Gasteiger partial charge < -0.3 is 15.5 Å². The van der Waals surface area contributed by atoms with Gasteiger partial charge in [0.1, 0.15) is 6.54 Å². The molecule has 0 aromatic heterocycles. The van der Waals surface area contributed by atoms with E-state index in [0.29, 0.717) is 12.2 Å². The first kappa shape index (κ1) is 16.8. The maximum Gasteiger partial charge on any atom is 0.242 e. The van der Waals surface area contributed by atoms with Gasteiger partial charge in [-0.1, -0.05) is 18.2 Å². The molecular formula is C16H23N3O2S. The lowest BCUT2D eigenvalue weighted by molar-refractivity contribution is -0.131. The van der Waals surface area contributed by atoms with E-state index < -0.39 is 0 Å². The molecule has 1 aromatic rings. The van der Waals surface area contributed by atoms with Crippen LogP contribution in [-0.4, -0.2) is 53.4 Å². The van der Waals surface area contributed by atoms with E-state index in [-0.39, 0.29) is 29.7 Å². The largest absolute Gasteiger partial charge is 0.339 e. The Morgan fingerprint density at radius 1 is 1.32 bits per heavy atom. The van der Waals surface area contributed by atoms with Gasteiger partial charge in [-0.15, -0.1) is 0 Å². The first-order valence-corrected chi connectivity index (χ1v) is 8.39. The number of carbonyl (C=O) groups excluding carboxylic acids is 2. The van der Waals surface area contributed by atoms with Crippen molar-refractivity contribution < 1.29 is 9.59 Å². The number of thioether (sulfide) groups is 1. The summed E-state index contributed by atoms with van der Waals surface area (Å²) in [4.78, 5) is 28.0. The van der Waals surface area contributed by atoms with Crippen LogP contribution in [0.5, 0.6) is 0 Å². The number of hydrogen-bond acceptors (Lipinski definition) is 4. The van der Waals surface area contributed by atoms with Crippen LogP contribution in [0.1, 0.15) is 13.8 Å². The Balaban J connectivity index is 2.10. The predicted molar refractivity (Wildman–Crippen MR) is 91.0 cm³/mol. The third-order valence-corrected chi connectivity index (χ3v) is 4.91. The Morgan fingerprint density at radius 3 is 2.59 bits per heavy atom. The van der Waals surface area contributed by atoms with Crippen molar-refractivity contribution >= 4 is 29.3 Å². The van der Waals surface area contributed by atoms with E-state index in [4.69, 9.17) is 5.73 Å². The monoisotopic (exact) mass is 321 g/mol. The smallest absolute Gasteiger partial charge is 0.242 e. The van der Waals surface area contributed by atoms with Crippen LogP contribution in [0.4, 0.5) is 5.69 Å². The zero-order valence-corrected chi connectivity index (χ0v) is 13.9. The molecule has 2 rings (SSSR count). The Labute approximate surface area is 135 Å². The topological polar surface area (TPSA) is 66.6 Å². The fourth-order valence-electron chi connectivity index (χ4n) is 2.51. The van der Waals surface area contributed by atoms with Crippen LogP contribution >= 0.6 is 11.8 Å². The number of amides is 2. The molecule has 1 fully saturated rings. The molecular weight excluding hydrogens is 298 g/mol. The minimum Gasteiger partial charge on any atom is -0.339 e. The fourth-order valence-corrected chi connectivity index (χ4v) is 3.62. The quantitative estimate of drug-likeness (QED) is 0.908. The van der Waals surface area contributed by atoms with Crippen molar-refractivity contribution in [3.63, 3.8) is 0 Å². The Bertz CT molecular complexity index is 533. The number of anilines is 1. The second-order valence-electron chi connectivity index (χ2n) is 5.94. The minimum atomic E-state index is -0.245. The first-order valence-electron chi connectivity index (χ1n) is 7.40. The number of nitrogens with two attached hydrogens (primary N) is 1. The van der Waals surface area contributed by atoms with Gasteiger partial charge in [-0.2, -0.15) is 11.8 Å². The van der Waals surface area contributed by atoms with E-state index in [1.54, 1.807) is 0 Å². The third-order valence-electron chi connectivity index (χ3n) is 3.62. The fraction of sp³-hybridized carbons (Fsp3) is 0.500. The van der Waals surface area contributed by atoms with Crippen molar-refractivity contribution in [2.75, 3.05) is 36.8 Å². The van der Waals surface area contributed by atoms with Crippen molar-refractivity contribution in [3.05, 3.63) is 30.3 Å². The van der Waals surface area contributed by atoms with E-state index in [2.05, 4.69) is 13.8 Å². The Morgan fingerprint density at radius 2 is 2.00 bits per heavy atom. The molecule has 0 saturated carbocycles. The molecule has 0 unspecified atom stereocenters. The molecule has 1 aromatic carbocycles. The summed E-state index contributed by atoms with van der Waals surface area (Å²) in [6, 6.07) is 9.20. The van der Waals surface area contributed by atoms with Gasteiger partial charge in [0.05, 0.1) is 6.54 Å². The zero-order chi connectivity index (χ0) is 16.2. The number of rotatable bonds is 4. The van der Waals surface area contributed by atoms with Crippen molar-refractivity contribution in [3.8, 4) is 0 Å². The molecule has 1 aliphatic heterocycles. The average Bonchev–Trinajstić information content (AvgIpc) is 2.51. The van der Waals surface area contributed by atoms with Crippen molar-refractivity contribution in [2.45, 2.75) is 18.6 Å². The normalized spacial score (nSPS) is 17.1. The van der Waals surface area contributed by atoms with Crippen LogP contribution in [0.2, 0.25) is 0 Å². The van der Waals surface area contributed by atoms with Gasteiger partial charge in [-0.3, -0.25) is 9.59 Å². The average molecular weight is 321 g/mol. The molecule has 2 amide bonds. The lowest BCUT2D eigenvalue weighted by Crippen LogP contribution is -2.51. The van der Waals surface area contributed by atoms with Crippen molar-refractivity contribution in [1.82, 2.24) is 4.90 Å². The van der Waals surface area contributed by atoms with E-state index in [9.17, 15) is 9.59 Å². The van der Waals surface area contributed by atoms with Gasteiger partial charge in [0.15, 0.2) is 0 Å². The molecule has 0 bridgehead atoms. The Hall–Kier alpha value is -1.53. The summed E-state index contributed by atoms with van der Waals surface area (Å²) in [6.07, 6.45) is 0. The summed E-state index contributed by atoms with van der Waals surface area (Å²) >= 11 is 1.87. The van der Waals surface area contributed by atoms with Crippen LogP contribution in [0.15, 0.2) is 30.3 Å². The van der Waals surface area contributed by atoms with Gasteiger partial charge in [-0.25, -0.2) is 0 Å². The lowest BCUT2D eigenvalue weighted by Gasteiger charge is -2.38. The standard InChI is InChI=1S/C16H23N3O2S/c1-16(2)12-18(8-9-22-16)15(21)11-19(14(20)10-17)13-6-4-3-5-7-13/h3-7H,8-12,17H2,1-2H3.